The normalized spacial score (nSPS) is 16.9. The number of likely N-dealkylation sites (tertiary alicyclic amines) is 1. The molecule has 6 nitrogen and oxygen atoms in total. The van der Waals surface area contributed by atoms with Crippen molar-refractivity contribution in [2.75, 3.05) is 18.4 Å². The van der Waals surface area contributed by atoms with Crippen molar-refractivity contribution in [1.82, 2.24) is 10.2 Å². The van der Waals surface area contributed by atoms with Gasteiger partial charge in [0.05, 0.1) is 11.6 Å². The molecule has 0 saturated carbocycles. The molecular formula is C27H19ClF5N3O3. The predicted molar refractivity (Wildman–Crippen MR) is 132 cm³/mol. The van der Waals surface area contributed by atoms with E-state index < -0.39 is 46.8 Å². The topological polar surface area (TPSA) is 78.5 Å². The average Bonchev–Trinajstić information content (AvgIpc) is 3.15. The SMILES string of the molecule is CC(=O)N1CC(c2cc(NC(=O)c3cc(F)cc(C(F)(F)F)c3)c3c(c2)C(=O)NC3c2cc(F)ccc2Cl)C1. The molecule has 39 heavy (non-hydrogen) atoms. The van der Waals surface area contributed by atoms with E-state index in [0.717, 1.165) is 12.1 Å². The molecule has 0 bridgehead atoms. The first-order valence-corrected chi connectivity index (χ1v) is 12.1. The first-order chi connectivity index (χ1) is 18.3. The van der Waals surface area contributed by atoms with Crippen molar-refractivity contribution in [3.05, 3.63) is 98.6 Å². The van der Waals surface area contributed by atoms with Crippen LogP contribution in [0.3, 0.4) is 0 Å². The molecular weight excluding hydrogens is 545 g/mol. The van der Waals surface area contributed by atoms with Crippen molar-refractivity contribution < 1.29 is 36.3 Å². The fourth-order valence-electron chi connectivity index (χ4n) is 4.79. The Morgan fingerprint density at radius 1 is 1.03 bits per heavy atom. The Hall–Kier alpha value is -3.99. The van der Waals surface area contributed by atoms with Gasteiger partial charge in [-0.3, -0.25) is 14.4 Å². The summed E-state index contributed by atoms with van der Waals surface area (Å²) < 4.78 is 67.8. The van der Waals surface area contributed by atoms with Gasteiger partial charge in [0.2, 0.25) is 5.91 Å². The highest BCUT2D eigenvalue weighted by Crippen LogP contribution is 2.42. The van der Waals surface area contributed by atoms with Crippen molar-refractivity contribution in [3.63, 3.8) is 0 Å². The quantitative estimate of drug-likeness (QED) is 0.402. The van der Waals surface area contributed by atoms with Crippen LogP contribution in [0.1, 0.15) is 61.9 Å². The number of benzene rings is 3. The fourth-order valence-corrected chi connectivity index (χ4v) is 5.02. The van der Waals surface area contributed by atoms with Crippen molar-refractivity contribution in [2.24, 2.45) is 0 Å². The van der Waals surface area contributed by atoms with Gasteiger partial charge in [-0.15, -0.1) is 0 Å². The predicted octanol–water partition coefficient (Wildman–Crippen LogP) is 5.67. The number of amides is 3. The third-order valence-electron chi connectivity index (χ3n) is 6.81. The van der Waals surface area contributed by atoms with Crippen LogP contribution in [-0.2, 0) is 11.0 Å². The van der Waals surface area contributed by atoms with E-state index in [9.17, 15) is 36.3 Å². The molecule has 2 heterocycles. The molecule has 1 unspecified atom stereocenters. The zero-order valence-electron chi connectivity index (χ0n) is 20.1. The molecule has 0 aromatic heterocycles. The molecule has 0 spiro atoms. The van der Waals surface area contributed by atoms with Gasteiger partial charge in [0.25, 0.3) is 11.8 Å². The van der Waals surface area contributed by atoms with Crippen LogP contribution in [0.4, 0.5) is 27.6 Å². The summed E-state index contributed by atoms with van der Waals surface area (Å²) in [5, 5.41) is 5.35. The molecule has 12 heteroatoms. The number of rotatable bonds is 4. The number of nitrogens with zero attached hydrogens (tertiary/aromatic N) is 1. The van der Waals surface area contributed by atoms with Gasteiger partial charge in [-0.25, -0.2) is 8.78 Å². The van der Waals surface area contributed by atoms with E-state index in [2.05, 4.69) is 10.6 Å². The van der Waals surface area contributed by atoms with Crippen LogP contribution in [0.15, 0.2) is 48.5 Å². The summed E-state index contributed by atoms with van der Waals surface area (Å²) in [4.78, 5) is 39.3. The Bertz CT molecular complexity index is 1540. The summed E-state index contributed by atoms with van der Waals surface area (Å²) in [6.07, 6.45) is -4.89. The van der Waals surface area contributed by atoms with E-state index in [1.54, 1.807) is 17.0 Å². The molecule has 1 atom stereocenters. The van der Waals surface area contributed by atoms with Gasteiger partial charge >= 0.3 is 6.18 Å². The molecule has 1 fully saturated rings. The first-order valence-electron chi connectivity index (χ1n) is 11.7. The third kappa shape index (κ3) is 5.06. The summed E-state index contributed by atoms with van der Waals surface area (Å²) in [6.45, 7) is 2.14. The molecule has 3 aromatic carbocycles. The molecule has 3 aromatic rings. The van der Waals surface area contributed by atoms with E-state index in [4.69, 9.17) is 11.6 Å². The number of fused-ring (bicyclic) bond motifs is 1. The highest BCUT2D eigenvalue weighted by atomic mass is 35.5. The lowest BCUT2D eigenvalue weighted by atomic mass is 9.87. The number of anilines is 1. The molecule has 2 aliphatic heterocycles. The van der Waals surface area contributed by atoms with Crippen molar-refractivity contribution >= 4 is 35.0 Å². The molecule has 5 rings (SSSR count). The van der Waals surface area contributed by atoms with Crippen LogP contribution < -0.4 is 10.6 Å². The Labute approximate surface area is 223 Å². The maximum Gasteiger partial charge on any atom is 0.416 e. The molecule has 202 valence electrons. The molecule has 2 N–H and O–H groups in total. The Morgan fingerprint density at radius 2 is 1.74 bits per heavy atom. The zero-order chi connectivity index (χ0) is 28.2. The van der Waals surface area contributed by atoms with Crippen LogP contribution >= 0.6 is 11.6 Å². The Kier molecular flexibility index (Phi) is 6.58. The van der Waals surface area contributed by atoms with E-state index >= 15 is 0 Å². The number of carbonyl (C=O) groups excluding carboxylic acids is 3. The lowest BCUT2D eigenvalue weighted by Crippen LogP contribution is -2.47. The maximum atomic E-state index is 14.1. The Morgan fingerprint density at radius 3 is 2.41 bits per heavy atom. The van der Waals surface area contributed by atoms with Gasteiger partial charge in [0.1, 0.15) is 11.6 Å². The van der Waals surface area contributed by atoms with Crippen LogP contribution in [-0.4, -0.2) is 35.7 Å². The number of hydrogen-bond donors (Lipinski definition) is 2. The molecule has 0 radical (unpaired) electrons. The summed E-state index contributed by atoms with van der Waals surface area (Å²) >= 11 is 6.29. The van der Waals surface area contributed by atoms with Crippen LogP contribution in [0, 0.1) is 11.6 Å². The molecule has 0 aliphatic carbocycles. The molecule has 2 aliphatic rings. The van der Waals surface area contributed by atoms with Gasteiger partial charge in [-0.2, -0.15) is 13.2 Å². The van der Waals surface area contributed by atoms with E-state index in [-0.39, 0.29) is 45.3 Å². The van der Waals surface area contributed by atoms with Crippen molar-refractivity contribution in [3.8, 4) is 0 Å². The van der Waals surface area contributed by atoms with E-state index in [0.29, 0.717) is 30.8 Å². The summed E-state index contributed by atoms with van der Waals surface area (Å²) in [7, 11) is 0. The number of nitrogens with one attached hydrogen (secondary N) is 2. The summed E-state index contributed by atoms with van der Waals surface area (Å²) in [5.74, 6) is -3.79. The summed E-state index contributed by atoms with van der Waals surface area (Å²) in [6, 6.07) is 7.17. The largest absolute Gasteiger partial charge is 0.416 e. The maximum absolute atomic E-state index is 14.1. The Balaban J connectivity index is 1.60. The first kappa shape index (κ1) is 26.6. The number of halogens is 6. The second-order valence-electron chi connectivity index (χ2n) is 9.40. The van der Waals surface area contributed by atoms with Gasteiger partial charge in [0, 0.05) is 58.9 Å². The second-order valence-corrected chi connectivity index (χ2v) is 9.81. The highest BCUT2D eigenvalue weighted by Gasteiger charge is 2.38. The van der Waals surface area contributed by atoms with Crippen molar-refractivity contribution in [1.29, 1.82) is 0 Å². The van der Waals surface area contributed by atoms with Crippen LogP contribution in [0.2, 0.25) is 5.02 Å². The smallest absolute Gasteiger partial charge is 0.342 e. The van der Waals surface area contributed by atoms with Crippen molar-refractivity contribution in [2.45, 2.75) is 25.1 Å². The number of hydrogen-bond acceptors (Lipinski definition) is 3. The van der Waals surface area contributed by atoms with Gasteiger partial charge in [0.15, 0.2) is 0 Å². The second kappa shape index (κ2) is 9.64. The van der Waals surface area contributed by atoms with E-state index in [1.165, 1.54) is 13.0 Å². The third-order valence-corrected chi connectivity index (χ3v) is 7.16. The zero-order valence-corrected chi connectivity index (χ0v) is 20.9. The lowest BCUT2D eigenvalue weighted by Gasteiger charge is -2.39. The lowest BCUT2D eigenvalue weighted by molar-refractivity contribution is -0.137. The average molecular weight is 564 g/mol. The standard InChI is InChI=1S/C27H19ClF5N3O3/c1-12(37)36-10-15(11-36)13-6-20-23(24(35-26(20)39)19-9-17(29)2-3-21(19)28)22(7-13)34-25(38)14-4-16(27(31,32)33)8-18(30)5-14/h2-9,15,24H,10-11H2,1H3,(H,34,38)(H,35,39). The number of alkyl halides is 3. The van der Waals surface area contributed by atoms with Gasteiger partial charge in [-0.05, 0) is 54.1 Å². The minimum Gasteiger partial charge on any atom is -0.342 e. The van der Waals surface area contributed by atoms with Crippen LogP contribution in [0.25, 0.3) is 0 Å². The minimum absolute atomic E-state index is 0.0512. The highest BCUT2D eigenvalue weighted by molar-refractivity contribution is 6.31. The molecule has 1 saturated heterocycles. The fraction of sp³-hybridized carbons (Fsp3) is 0.222. The minimum atomic E-state index is -4.89. The summed E-state index contributed by atoms with van der Waals surface area (Å²) in [5.41, 5.74) is -0.724. The van der Waals surface area contributed by atoms with E-state index in [1.807, 2.05) is 0 Å². The van der Waals surface area contributed by atoms with Gasteiger partial charge in [-0.1, -0.05) is 11.6 Å². The number of carbonyl (C=O) groups is 3. The van der Waals surface area contributed by atoms with Gasteiger partial charge < -0.3 is 15.5 Å². The van der Waals surface area contributed by atoms with Crippen LogP contribution in [0.5, 0.6) is 0 Å². The molecule has 3 amide bonds. The monoisotopic (exact) mass is 563 g/mol.